The molecule has 7 heteroatoms. The minimum absolute atomic E-state index is 0.0704. The molecular weight excluding hydrogens is 444 g/mol. The number of carbonyl (C=O) groups is 2. The number of rotatable bonds is 6. The van der Waals surface area contributed by atoms with Crippen LogP contribution in [-0.4, -0.2) is 33.2 Å². The van der Waals surface area contributed by atoms with Crippen LogP contribution in [0.1, 0.15) is 105 Å². The molecule has 1 amide bonds. The zero-order chi connectivity index (χ0) is 23.5. The highest BCUT2D eigenvalue weighted by molar-refractivity contribution is 7.15. The Balaban J connectivity index is 1.43. The molecule has 34 heavy (non-hydrogen) atoms. The smallest absolute Gasteiger partial charge is 0.230 e. The van der Waals surface area contributed by atoms with Crippen molar-refractivity contribution in [2.45, 2.75) is 96.1 Å². The van der Waals surface area contributed by atoms with Gasteiger partial charge in [0.25, 0.3) is 0 Å². The van der Waals surface area contributed by atoms with E-state index in [1.807, 2.05) is 10.9 Å². The summed E-state index contributed by atoms with van der Waals surface area (Å²) in [7, 11) is 0. The standard InChI is InChI=1S/C27H36N4O2S/c1-19-7-9-21(10-8-19)27(33)31(23-13-11-22(12-14-23)30-16-15-28-29-30)24-17-25(34-26(24)18-32)20-5-3-2-4-6-20/h5,15-19,21-23H,2-4,6-14H2,1H3. The first-order valence-electron chi connectivity index (χ1n) is 13.1. The molecule has 0 atom stereocenters. The quantitative estimate of drug-likeness (QED) is 0.445. The maximum Gasteiger partial charge on any atom is 0.230 e. The van der Waals surface area contributed by atoms with Gasteiger partial charge in [0.2, 0.25) is 5.91 Å². The van der Waals surface area contributed by atoms with Crippen LogP contribution in [0.25, 0.3) is 5.57 Å². The predicted molar refractivity (Wildman–Crippen MR) is 136 cm³/mol. The van der Waals surface area contributed by atoms with Gasteiger partial charge in [0.15, 0.2) is 6.29 Å². The largest absolute Gasteiger partial charge is 0.308 e. The van der Waals surface area contributed by atoms with Gasteiger partial charge < -0.3 is 4.90 Å². The molecule has 2 saturated carbocycles. The van der Waals surface area contributed by atoms with Gasteiger partial charge in [-0.15, -0.1) is 16.4 Å². The second kappa shape index (κ2) is 10.5. The molecule has 2 aromatic heterocycles. The fraction of sp³-hybridized carbons (Fsp3) is 0.630. The Morgan fingerprint density at radius 3 is 2.56 bits per heavy atom. The molecule has 0 unspecified atom stereocenters. The summed E-state index contributed by atoms with van der Waals surface area (Å²) >= 11 is 1.57. The van der Waals surface area contributed by atoms with Gasteiger partial charge in [0.05, 0.1) is 22.8 Å². The van der Waals surface area contributed by atoms with E-state index in [2.05, 4.69) is 34.3 Å². The third kappa shape index (κ3) is 4.90. The van der Waals surface area contributed by atoms with Crippen LogP contribution in [-0.2, 0) is 4.79 Å². The Morgan fingerprint density at radius 1 is 1.12 bits per heavy atom. The molecule has 0 bridgehead atoms. The highest BCUT2D eigenvalue weighted by Gasteiger charge is 2.37. The van der Waals surface area contributed by atoms with Crippen molar-refractivity contribution in [3.63, 3.8) is 0 Å². The first kappa shape index (κ1) is 23.5. The summed E-state index contributed by atoms with van der Waals surface area (Å²) in [6.45, 7) is 2.29. The number of nitrogens with zero attached hydrogens (tertiary/aromatic N) is 4. The lowest BCUT2D eigenvalue weighted by Crippen LogP contribution is -2.46. The molecule has 0 N–H and O–H groups in total. The summed E-state index contributed by atoms with van der Waals surface area (Å²) in [5, 5.41) is 8.17. The third-order valence-electron chi connectivity index (χ3n) is 8.16. The van der Waals surface area contributed by atoms with E-state index in [9.17, 15) is 9.59 Å². The van der Waals surface area contributed by atoms with Crippen molar-refractivity contribution in [2.75, 3.05) is 4.90 Å². The van der Waals surface area contributed by atoms with Gasteiger partial charge >= 0.3 is 0 Å². The van der Waals surface area contributed by atoms with Crippen LogP contribution in [0, 0.1) is 11.8 Å². The molecule has 0 aromatic carbocycles. The number of anilines is 1. The number of thiophene rings is 1. The summed E-state index contributed by atoms with van der Waals surface area (Å²) in [6.07, 6.45) is 19.5. The lowest BCUT2D eigenvalue weighted by molar-refractivity contribution is -0.124. The summed E-state index contributed by atoms with van der Waals surface area (Å²) in [4.78, 5) is 30.2. The average molecular weight is 481 g/mol. The summed E-state index contributed by atoms with van der Waals surface area (Å²) < 4.78 is 1.96. The van der Waals surface area contributed by atoms with Crippen molar-refractivity contribution in [1.82, 2.24) is 15.0 Å². The fourth-order valence-corrected chi connectivity index (χ4v) is 7.11. The Morgan fingerprint density at radius 2 is 1.91 bits per heavy atom. The van der Waals surface area contributed by atoms with Gasteiger partial charge in [-0.3, -0.25) is 9.59 Å². The van der Waals surface area contributed by atoms with E-state index in [1.54, 1.807) is 17.5 Å². The molecular formula is C27H36N4O2S. The lowest BCUT2D eigenvalue weighted by atomic mass is 9.81. The highest BCUT2D eigenvalue weighted by atomic mass is 32.1. The number of allylic oxidation sites excluding steroid dienone is 2. The Bertz CT molecular complexity index is 1010. The zero-order valence-electron chi connectivity index (χ0n) is 20.2. The number of aromatic nitrogens is 3. The number of hydrogen-bond acceptors (Lipinski definition) is 5. The zero-order valence-corrected chi connectivity index (χ0v) is 21.0. The van der Waals surface area contributed by atoms with Gasteiger partial charge in [0.1, 0.15) is 0 Å². The van der Waals surface area contributed by atoms with Crippen LogP contribution >= 0.6 is 11.3 Å². The van der Waals surface area contributed by atoms with Crippen molar-refractivity contribution in [3.8, 4) is 0 Å². The van der Waals surface area contributed by atoms with Crippen LogP contribution < -0.4 is 4.90 Å². The number of hydrogen-bond donors (Lipinski definition) is 0. The average Bonchev–Trinajstić information content (AvgIpc) is 3.56. The third-order valence-corrected chi connectivity index (χ3v) is 9.29. The number of carbonyl (C=O) groups excluding carboxylic acids is 2. The van der Waals surface area contributed by atoms with Gasteiger partial charge in [-0.25, -0.2) is 4.68 Å². The molecule has 0 aliphatic heterocycles. The minimum atomic E-state index is 0.0704. The molecule has 182 valence electrons. The number of aldehydes is 1. The van der Waals surface area contributed by atoms with Crippen molar-refractivity contribution in [3.05, 3.63) is 34.3 Å². The topological polar surface area (TPSA) is 68.1 Å². The van der Waals surface area contributed by atoms with Crippen LogP contribution in [0.5, 0.6) is 0 Å². The van der Waals surface area contributed by atoms with E-state index in [4.69, 9.17) is 0 Å². The Labute approximate surface area is 206 Å². The van der Waals surface area contributed by atoms with E-state index in [1.165, 1.54) is 23.3 Å². The van der Waals surface area contributed by atoms with Crippen LogP contribution in [0.2, 0.25) is 0 Å². The monoisotopic (exact) mass is 480 g/mol. The maximum absolute atomic E-state index is 14.0. The molecule has 2 aromatic rings. The van der Waals surface area contributed by atoms with E-state index >= 15 is 0 Å². The van der Waals surface area contributed by atoms with Gasteiger partial charge in [0, 0.05) is 23.0 Å². The van der Waals surface area contributed by atoms with Crippen LogP contribution in [0.3, 0.4) is 0 Å². The van der Waals surface area contributed by atoms with Crippen molar-refractivity contribution >= 4 is 34.8 Å². The fourth-order valence-electron chi connectivity index (χ4n) is 6.08. The highest BCUT2D eigenvalue weighted by Crippen LogP contribution is 2.42. The minimum Gasteiger partial charge on any atom is -0.308 e. The molecule has 2 heterocycles. The van der Waals surface area contributed by atoms with Crippen molar-refractivity contribution < 1.29 is 9.59 Å². The summed E-state index contributed by atoms with van der Waals surface area (Å²) in [5.41, 5.74) is 2.20. The molecule has 3 aliphatic rings. The lowest BCUT2D eigenvalue weighted by Gasteiger charge is -2.39. The van der Waals surface area contributed by atoms with Crippen LogP contribution in [0.4, 0.5) is 5.69 Å². The molecule has 0 radical (unpaired) electrons. The van der Waals surface area contributed by atoms with Crippen molar-refractivity contribution in [1.29, 1.82) is 0 Å². The molecule has 5 rings (SSSR count). The summed E-state index contributed by atoms with van der Waals surface area (Å²) in [6, 6.07) is 2.62. The number of amides is 1. The summed E-state index contributed by atoms with van der Waals surface area (Å²) in [5.74, 6) is 1.01. The Hall–Kier alpha value is -2.28. The molecule has 0 spiro atoms. The molecule has 0 saturated heterocycles. The molecule has 2 fully saturated rings. The SMILES string of the molecule is CC1CCC(C(=O)N(c2cc(C3=CCCCC3)sc2C=O)C2CCC(n3ccnn3)CC2)CC1. The van der Waals surface area contributed by atoms with E-state index in [0.717, 1.165) is 76.2 Å². The van der Waals surface area contributed by atoms with Gasteiger partial charge in [-0.05, 0) is 94.6 Å². The normalized spacial score (nSPS) is 27.7. The second-order valence-corrected chi connectivity index (χ2v) is 11.5. The molecule has 3 aliphatic carbocycles. The Kier molecular flexibility index (Phi) is 7.28. The van der Waals surface area contributed by atoms with Crippen molar-refractivity contribution in [2.24, 2.45) is 11.8 Å². The maximum atomic E-state index is 14.0. The first-order valence-corrected chi connectivity index (χ1v) is 13.9. The van der Waals surface area contributed by atoms with Gasteiger partial charge in [-0.1, -0.05) is 18.2 Å². The second-order valence-electron chi connectivity index (χ2n) is 10.5. The van der Waals surface area contributed by atoms with Crippen LogP contribution in [0.15, 0.2) is 24.5 Å². The van der Waals surface area contributed by atoms with Gasteiger partial charge in [-0.2, -0.15) is 0 Å². The first-order chi connectivity index (χ1) is 16.6. The predicted octanol–water partition coefficient (Wildman–Crippen LogP) is 6.45. The molecule has 6 nitrogen and oxygen atoms in total. The van der Waals surface area contributed by atoms with E-state index < -0.39 is 0 Å². The van der Waals surface area contributed by atoms with E-state index in [-0.39, 0.29) is 17.9 Å². The van der Waals surface area contributed by atoms with E-state index in [0.29, 0.717) is 16.8 Å².